The molecular weight excluding hydrogens is 172 g/mol. The molecule has 4 heteroatoms. The van der Waals surface area contributed by atoms with Gasteiger partial charge in [-0.05, 0) is 13.8 Å². The van der Waals surface area contributed by atoms with Crippen molar-refractivity contribution in [2.75, 3.05) is 21.3 Å². The number of ether oxygens (including phenoxy) is 3. The molecule has 0 spiro atoms. The van der Waals surface area contributed by atoms with Gasteiger partial charge in [0.25, 0.3) is 0 Å². The quantitative estimate of drug-likeness (QED) is 0.485. The minimum Gasteiger partial charge on any atom is -0.381 e. The second kappa shape index (κ2) is 11.6. The molecule has 0 aliphatic rings. The van der Waals surface area contributed by atoms with Gasteiger partial charge in [-0.3, -0.25) is 0 Å². The van der Waals surface area contributed by atoms with Gasteiger partial charge < -0.3 is 19.0 Å². The van der Waals surface area contributed by atoms with Crippen molar-refractivity contribution in [3.05, 3.63) is 0 Å². The van der Waals surface area contributed by atoms with E-state index < -0.39 is 0 Å². The zero-order chi connectivity index (χ0) is 10.7. The van der Waals surface area contributed by atoms with Gasteiger partial charge in [-0.15, -0.1) is 0 Å². The first-order valence-electron chi connectivity index (χ1n) is 4.14. The highest BCUT2D eigenvalue weighted by atomic mass is 16.7. The van der Waals surface area contributed by atoms with Crippen molar-refractivity contribution in [2.45, 2.75) is 32.7 Å². The van der Waals surface area contributed by atoms with Crippen LogP contribution in [0.2, 0.25) is 0 Å². The van der Waals surface area contributed by atoms with Crippen LogP contribution in [-0.2, 0) is 19.0 Å². The number of rotatable bonds is 5. The first-order chi connectivity index (χ1) is 6.12. The number of carbonyl (C=O) groups excluding carboxylic acids is 1. The lowest BCUT2D eigenvalue weighted by molar-refractivity contribution is -0.109. The summed E-state index contributed by atoms with van der Waals surface area (Å²) >= 11 is 0. The molecule has 0 fully saturated rings. The number of aldehydes is 1. The van der Waals surface area contributed by atoms with Crippen LogP contribution in [0.15, 0.2) is 0 Å². The fourth-order valence-corrected chi connectivity index (χ4v) is 0.328. The summed E-state index contributed by atoms with van der Waals surface area (Å²) in [5, 5.41) is 0. The summed E-state index contributed by atoms with van der Waals surface area (Å²) in [6.07, 6.45) is 1.37. The van der Waals surface area contributed by atoms with Crippen LogP contribution in [0.3, 0.4) is 0 Å². The SMILES string of the molecule is COC(C)CC=O.COC(C)OC. The van der Waals surface area contributed by atoms with E-state index in [0.717, 1.165) is 6.29 Å². The first-order valence-corrected chi connectivity index (χ1v) is 4.14. The summed E-state index contributed by atoms with van der Waals surface area (Å²) in [7, 11) is 4.80. The van der Waals surface area contributed by atoms with Crippen molar-refractivity contribution < 1.29 is 19.0 Å². The van der Waals surface area contributed by atoms with Crippen LogP contribution < -0.4 is 0 Å². The molecular formula is C9H20O4. The Hall–Kier alpha value is -0.450. The molecule has 1 unspecified atom stereocenters. The van der Waals surface area contributed by atoms with E-state index in [1.807, 2.05) is 13.8 Å². The Morgan fingerprint density at radius 2 is 1.54 bits per heavy atom. The fourth-order valence-electron chi connectivity index (χ4n) is 0.328. The lowest BCUT2D eigenvalue weighted by Crippen LogP contribution is -2.05. The van der Waals surface area contributed by atoms with Crippen LogP contribution in [-0.4, -0.2) is 40.0 Å². The Bertz CT molecular complexity index is 102. The van der Waals surface area contributed by atoms with Crippen molar-refractivity contribution in [1.82, 2.24) is 0 Å². The predicted octanol–water partition coefficient (Wildman–Crippen LogP) is 1.24. The molecule has 0 aromatic carbocycles. The Kier molecular flexibility index (Phi) is 13.4. The van der Waals surface area contributed by atoms with Gasteiger partial charge in [-0.25, -0.2) is 0 Å². The number of methoxy groups -OCH3 is 3. The molecule has 0 aromatic rings. The van der Waals surface area contributed by atoms with Crippen molar-refractivity contribution in [1.29, 1.82) is 0 Å². The molecule has 0 heterocycles. The number of hydrogen-bond acceptors (Lipinski definition) is 4. The van der Waals surface area contributed by atoms with Gasteiger partial charge in [0.2, 0.25) is 0 Å². The molecule has 0 radical (unpaired) electrons. The van der Waals surface area contributed by atoms with Crippen LogP contribution in [0, 0.1) is 0 Å². The van der Waals surface area contributed by atoms with E-state index in [4.69, 9.17) is 4.74 Å². The lowest BCUT2D eigenvalue weighted by atomic mass is 10.3. The zero-order valence-corrected chi connectivity index (χ0v) is 9.07. The zero-order valence-electron chi connectivity index (χ0n) is 9.07. The molecule has 13 heavy (non-hydrogen) atoms. The number of hydrogen-bond donors (Lipinski definition) is 0. The van der Waals surface area contributed by atoms with Crippen LogP contribution in [0.4, 0.5) is 0 Å². The Morgan fingerprint density at radius 1 is 1.08 bits per heavy atom. The summed E-state index contributed by atoms with van der Waals surface area (Å²) in [6.45, 7) is 3.69. The molecule has 0 aromatic heterocycles. The maximum atomic E-state index is 9.69. The summed E-state index contributed by atoms with van der Waals surface area (Å²) < 4.78 is 14.1. The minimum absolute atomic E-state index is 0.0648. The van der Waals surface area contributed by atoms with E-state index in [2.05, 4.69) is 9.47 Å². The fraction of sp³-hybridized carbons (Fsp3) is 0.889. The second-order valence-corrected chi connectivity index (χ2v) is 2.49. The summed E-state index contributed by atoms with van der Waals surface area (Å²) in [6, 6.07) is 0. The molecule has 0 aliphatic carbocycles. The molecule has 0 amide bonds. The minimum atomic E-state index is -0.0648. The van der Waals surface area contributed by atoms with E-state index in [9.17, 15) is 4.79 Å². The Labute approximate surface area is 80.2 Å². The van der Waals surface area contributed by atoms with E-state index in [1.165, 1.54) is 0 Å². The highest BCUT2D eigenvalue weighted by Crippen LogP contribution is 1.88. The van der Waals surface area contributed by atoms with Gasteiger partial charge in [0, 0.05) is 27.8 Å². The van der Waals surface area contributed by atoms with Gasteiger partial charge in [-0.2, -0.15) is 0 Å². The van der Waals surface area contributed by atoms with Crippen molar-refractivity contribution in [3.8, 4) is 0 Å². The molecule has 4 nitrogen and oxygen atoms in total. The molecule has 0 N–H and O–H groups in total. The molecule has 1 atom stereocenters. The second-order valence-electron chi connectivity index (χ2n) is 2.49. The summed E-state index contributed by atoms with van der Waals surface area (Å²) in [4.78, 5) is 9.69. The van der Waals surface area contributed by atoms with Crippen molar-refractivity contribution in [3.63, 3.8) is 0 Å². The van der Waals surface area contributed by atoms with Gasteiger partial charge in [0.05, 0.1) is 6.10 Å². The molecule has 0 aliphatic heterocycles. The van der Waals surface area contributed by atoms with Crippen LogP contribution in [0.5, 0.6) is 0 Å². The molecule has 80 valence electrons. The van der Waals surface area contributed by atoms with Crippen molar-refractivity contribution in [2.24, 2.45) is 0 Å². The monoisotopic (exact) mass is 192 g/mol. The smallest absolute Gasteiger partial charge is 0.154 e. The normalized spacial score (nSPS) is 11.8. The Morgan fingerprint density at radius 3 is 1.62 bits per heavy atom. The van der Waals surface area contributed by atoms with Gasteiger partial charge >= 0.3 is 0 Å². The van der Waals surface area contributed by atoms with Gasteiger partial charge in [0.15, 0.2) is 6.29 Å². The average molecular weight is 192 g/mol. The topological polar surface area (TPSA) is 44.8 Å². The first kappa shape index (κ1) is 15.0. The molecule has 0 saturated carbocycles. The third-order valence-corrected chi connectivity index (χ3v) is 1.49. The van der Waals surface area contributed by atoms with Gasteiger partial charge in [0.1, 0.15) is 6.29 Å². The highest BCUT2D eigenvalue weighted by Gasteiger charge is 1.93. The highest BCUT2D eigenvalue weighted by molar-refractivity contribution is 5.49. The predicted molar refractivity (Wildman–Crippen MR) is 50.6 cm³/mol. The molecule has 0 saturated heterocycles. The van der Waals surface area contributed by atoms with Crippen LogP contribution in [0.25, 0.3) is 0 Å². The molecule has 0 rings (SSSR count). The number of carbonyl (C=O) groups is 1. The molecule has 0 bridgehead atoms. The third kappa shape index (κ3) is 14.4. The largest absolute Gasteiger partial charge is 0.381 e. The van der Waals surface area contributed by atoms with Crippen LogP contribution in [0.1, 0.15) is 20.3 Å². The maximum absolute atomic E-state index is 9.69. The van der Waals surface area contributed by atoms with Crippen molar-refractivity contribution >= 4 is 6.29 Å². The summed E-state index contributed by atoms with van der Waals surface area (Å²) in [5.41, 5.74) is 0. The van der Waals surface area contributed by atoms with Gasteiger partial charge in [-0.1, -0.05) is 0 Å². The van der Waals surface area contributed by atoms with Crippen LogP contribution >= 0.6 is 0 Å². The lowest BCUT2D eigenvalue weighted by Gasteiger charge is -2.03. The average Bonchev–Trinajstić information content (AvgIpc) is 2.18. The van der Waals surface area contributed by atoms with E-state index in [1.54, 1.807) is 21.3 Å². The standard InChI is InChI=1S/C5H10O2.C4H10O2/c1-5(7-2)3-4-6;1-4(5-2)6-3/h4-5H,3H2,1-2H3;4H,1-3H3. The van der Waals surface area contributed by atoms with E-state index in [0.29, 0.717) is 6.42 Å². The Balaban J connectivity index is 0. The third-order valence-electron chi connectivity index (χ3n) is 1.49. The maximum Gasteiger partial charge on any atom is 0.154 e. The van der Waals surface area contributed by atoms with E-state index >= 15 is 0 Å². The summed E-state index contributed by atoms with van der Waals surface area (Å²) in [5.74, 6) is 0. The van der Waals surface area contributed by atoms with E-state index in [-0.39, 0.29) is 12.4 Å².